The van der Waals surface area contributed by atoms with E-state index in [1.807, 2.05) is 6.92 Å². The van der Waals surface area contributed by atoms with Gasteiger partial charge in [-0.2, -0.15) is 0 Å². The average Bonchev–Trinajstić information content (AvgIpc) is 2.20. The third-order valence-corrected chi connectivity index (χ3v) is 2.78. The Kier molecular flexibility index (Phi) is 4.35. The van der Waals surface area contributed by atoms with Crippen LogP contribution in [0.25, 0.3) is 0 Å². The molecule has 1 rings (SSSR count). The molecular weight excluding hydrogens is 182 g/mol. The predicted molar refractivity (Wildman–Crippen MR) is 52.8 cm³/mol. The number of carbonyl (C=O) groups excluding carboxylic acids is 1. The molecule has 0 atom stereocenters. The third-order valence-electron chi connectivity index (χ3n) is 2.78. The number of carbonyl (C=O) groups is 1. The van der Waals surface area contributed by atoms with Crippen molar-refractivity contribution in [1.82, 2.24) is 0 Å². The number of hydrogen-bond donors (Lipinski definition) is 1. The van der Waals surface area contributed by atoms with E-state index in [0.717, 1.165) is 12.8 Å². The van der Waals surface area contributed by atoms with Crippen LogP contribution in [0, 0.1) is 5.41 Å². The minimum atomic E-state index is -0.372. The fraction of sp³-hybridized carbons (Fsp3) is 0.900. The molecule has 0 aromatic heterocycles. The van der Waals surface area contributed by atoms with E-state index in [1.165, 1.54) is 0 Å². The first-order valence-electron chi connectivity index (χ1n) is 5.20. The van der Waals surface area contributed by atoms with Gasteiger partial charge in [0, 0.05) is 13.2 Å². The summed E-state index contributed by atoms with van der Waals surface area (Å²) < 4.78 is 10.3. The van der Waals surface area contributed by atoms with Crippen LogP contribution in [0.1, 0.15) is 26.2 Å². The van der Waals surface area contributed by atoms with Crippen LogP contribution in [0.5, 0.6) is 0 Å². The highest BCUT2D eigenvalue weighted by molar-refractivity contribution is 5.77. The normalized spacial score (nSPS) is 20.4. The highest BCUT2D eigenvalue weighted by Crippen LogP contribution is 2.35. The van der Waals surface area contributed by atoms with Gasteiger partial charge in [0.2, 0.25) is 0 Å². The maximum atomic E-state index is 11.8. The molecule has 0 bridgehead atoms. The van der Waals surface area contributed by atoms with Gasteiger partial charge in [0.1, 0.15) is 0 Å². The van der Waals surface area contributed by atoms with Gasteiger partial charge in [-0.15, -0.1) is 0 Å². The Bertz CT molecular complexity index is 182. The summed E-state index contributed by atoms with van der Waals surface area (Å²) >= 11 is 0. The second kappa shape index (κ2) is 5.32. The van der Waals surface area contributed by atoms with Gasteiger partial charge in [0.25, 0.3) is 0 Å². The summed E-state index contributed by atoms with van der Waals surface area (Å²) in [5, 5.41) is 0. The summed E-state index contributed by atoms with van der Waals surface area (Å²) in [4.78, 5) is 11.8. The molecule has 0 radical (unpaired) electrons. The first-order valence-corrected chi connectivity index (χ1v) is 5.20. The van der Waals surface area contributed by atoms with E-state index in [1.54, 1.807) is 0 Å². The topological polar surface area (TPSA) is 61.5 Å². The van der Waals surface area contributed by atoms with E-state index in [-0.39, 0.29) is 11.4 Å². The first-order chi connectivity index (χ1) is 6.75. The van der Waals surface area contributed by atoms with Gasteiger partial charge in [-0.1, -0.05) is 0 Å². The van der Waals surface area contributed by atoms with E-state index in [0.29, 0.717) is 32.8 Å². The second-order valence-corrected chi connectivity index (χ2v) is 3.65. The molecule has 0 aliphatic carbocycles. The van der Waals surface area contributed by atoms with E-state index in [9.17, 15) is 4.79 Å². The Hall–Kier alpha value is -0.610. The van der Waals surface area contributed by atoms with Crippen molar-refractivity contribution < 1.29 is 14.3 Å². The molecule has 0 spiro atoms. The summed E-state index contributed by atoms with van der Waals surface area (Å²) in [5.74, 6) is -0.103. The quantitative estimate of drug-likeness (QED) is 0.680. The van der Waals surface area contributed by atoms with Crippen molar-refractivity contribution in [2.45, 2.75) is 26.2 Å². The van der Waals surface area contributed by atoms with Crippen LogP contribution in [0.4, 0.5) is 0 Å². The van der Waals surface area contributed by atoms with E-state index < -0.39 is 0 Å². The molecule has 2 N–H and O–H groups in total. The number of rotatable bonds is 4. The van der Waals surface area contributed by atoms with Crippen LogP contribution in [-0.2, 0) is 14.3 Å². The number of hydrogen-bond acceptors (Lipinski definition) is 4. The Morgan fingerprint density at radius 1 is 1.50 bits per heavy atom. The zero-order valence-corrected chi connectivity index (χ0v) is 8.75. The van der Waals surface area contributed by atoms with Gasteiger partial charge in [-0.3, -0.25) is 4.79 Å². The summed E-state index contributed by atoms with van der Waals surface area (Å²) in [6.45, 7) is 4.07. The Labute approximate surface area is 84.7 Å². The van der Waals surface area contributed by atoms with Gasteiger partial charge in [0.05, 0.1) is 12.0 Å². The molecule has 1 aliphatic heterocycles. The lowest BCUT2D eigenvalue weighted by molar-refractivity contribution is -0.161. The maximum Gasteiger partial charge on any atom is 0.312 e. The average molecular weight is 201 g/mol. The van der Waals surface area contributed by atoms with E-state index in [4.69, 9.17) is 15.2 Å². The van der Waals surface area contributed by atoms with Gasteiger partial charge in [0.15, 0.2) is 0 Å². The predicted octanol–water partition coefficient (Wildman–Crippen LogP) is 0.695. The minimum absolute atomic E-state index is 0.103. The molecule has 14 heavy (non-hydrogen) atoms. The van der Waals surface area contributed by atoms with Crippen molar-refractivity contribution in [3.05, 3.63) is 0 Å². The van der Waals surface area contributed by atoms with Gasteiger partial charge in [-0.25, -0.2) is 0 Å². The maximum absolute atomic E-state index is 11.8. The van der Waals surface area contributed by atoms with Gasteiger partial charge >= 0.3 is 5.97 Å². The van der Waals surface area contributed by atoms with Crippen LogP contribution < -0.4 is 5.73 Å². The molecule has 0 aromatic rings. The SMILES string of the molecule is CCOC(=O)C1(CCN)CCOCC1. The van der Waals surface area contributed by atoms with Crippen molar-refractivity contribution in [3.63, 3.8) is 0 Å². The van der Waals surface area contributed by atoms with E-state index in [2.05, 4.69) is 0 Å². The molecule has 4 heteroatoms. The Morgan fingerprint density at radius 3 is 2.64 bits per heavy atom. The van der Waals surface area contributed by atoms with Crippen LogP contribution in [-0.4, -0.2) is 32.3 Å². The molecule has 1 saturated heterocycles. The molecule has 1 aliphatic rings. The molecule has 0 unspecified atom stereocenters. The molecule has 0 saturated carbocycles. The molecule has 1 fully saturated rings. The van der Waals surface area contributed by atoms with Crippen LogP contribution in [0.2, 0.25) is 0 Å². The molecular formula is C10H19NO3. The van der Waals surface area contributed by atoms with Gasteiger partial charge in [-0.05, 0) is 32.7 Å². The van der Waals surface area contributed by atoms with E-state index >= 15 is 0 Å². The molecule has 82 valence electrons. The van der Waals surface area contributed by atoms with Crippen molar-refractivity contribution >= 4 is 5.97 Å². The highest BCUT2D eigenvalue weighted by Gasteiger charge is 2.40. The number of nitrogens with two attached hydrogens (primary N) is 1. The van der Waals surface area contributed by atoms with Crippen molar-refractivity contribution in [1.29, 1.82) is 0 Å². The van der Waals surface area contributed by atoms with Crippen LogP contribution in [0.3, 0.4) is 0 Å². The van der Waals surface area contributed by atoms with Crippen molar-refractivity contribution in [2.24, 2.45) is 11.1 Å². The number of ether oxygens (including phenoxy) is 2. The van der Waals surface area contributed by atoms with Crippen molar-refractivity contribution in [2.75, 3.05) is 26.4 Å². The second-order valence-electron chi connectivity index (χ2n) is 3.65. The molecule has 0 aromatic carbocycles. The summed E-state index contributed by atoms with van der Waals surface area (Å²) in [7, 11) is 0. The lowest BCUT2D eigenvalue weighted by Gasteiger charge is -2.34. The van der Waals surface area contributed by atoms with Crippen LogP contribution in [0.15, 0.2) is 0 Å². The molecule has 4 nitrogen and oxygen atoms in total. The summed E-state index contributed by atoms with van der Waals surface area (Å²) in [6.07, 6.45) is 2.18. The highest BCUT2D eigenvalue weighted by atomic mass is 16.5. The standard InChI is InChI=1S/C10H19NO3/c1-2-14-9(12)10(3-6-11)4-7-13-8-5-10/h2-8,11H2,1H3. The molecule has 0 amide bonds. The minimum Gasteiger partial charge on any atom is -0.466 e. The summed E-state index contributed by atoms with van der Waals surface area (Å²) in [6, 6.07) is 0. The van der Waals surface area contributed by atoms with Crippen LogP contribution >= 0.6 is 0 Å². The largest absolute Gasteiger partial charge is 0.466 e. The monoisotopic (exact) mass is 201 g/mol. The lowest BCUT2D eigenvalue weighted by Crippen LogP contribution is -2.40. The number of esters is 1. The van der Waals surface area contributed by atoms with Gasteiger partial charge < -0.3 is 15.2 Å². The smallest absolute Gasteiger partial charge is 0.312 e. The Morgan fingerprint density at radius 2 is 2.14 bits per heavy atom. The molecule has 1 heterocycles. The third kappa shape index (κ3) is 2.45. The van der Waals surface area contributed by atoms with Crippen molar-refractivity contribution in [3.8, 4) is 0 Å². The summed E-state index contributed by atoms with van der Waals surface area (Å²) in [5.41, 5.74) is 5.16. The zero-order chi connectivity index (χ0) is 10.4. The Balaban J connectivity index is 2.63. The zero-order valence-electron chi connectivity index (χ0n) is 8.75. The fourth-order valence-corrected chi connectivity index (χ4v) is 1.88. The fourth-order valence-electron chi connectivity index (χ4n) is 1.88. The lowest BCUT2D eigenvalue weighted by atomic mass is 9.77. The first kappa shape index (κ1) is 11.5.